The maximum atomic E-state index is 12.7. The average molecular weight is 455 g/mol. The number of amides is 2. The molecule has 4 aromatic rings. The topological polar surface area (TPSA) is 85.3 Å². The van der Waals surface area contributed by atoms with E-state index < -0.39 is 12.1 Å². The van der Waals surface area contributed by atoms with Crippen LogP contribution in [0.5, 0.6) is 5.75 Å². The zero-order chi connectivity index (χ0) is 23.9. The minimum absolute atomic E-state index is 0.206. The van der Waals surface area contributed by atoms with Gasteiger partial charge in [0.1, 0.15) is 11.8 Å². The first-order valence-electron chi connectivity index (χ1n) is 11.0. The van der Waals surface area contributed by atoms with E-state index in [1.54, 1.807) is 61.3 Å². The van der Waals surface area contributed by atoms with Crippen molar-refractivity contribution in [1.29, 1.82) is 0 Å². The lowest BCUT2D eigenvalue weighted by Crippen LogP contribution is -2.30. The average Bonchev–Trinajstić information content (AvgIpc) is 3.40. The van der Waals surface area contributed by atoms with Crippen LogP contribution in [0.25, 0.3) is 11.1 Å². The highest BCUT2D eigenvalue weighted by molar-refractivity contribution is 5.96. The van der Waals surface area contributed by atoms with Gasteiger partial charge < -0.3 is 15.4 Å². The number of benzene rings is 3. The van der Waals surface area contributed by atoms with E-state index in [1.165, 1.54) is 0 Å². The van der Waals surface area contributed by atoms with Crippen LogP contribution >= 0.6 is 0 Å². The number of aromatic nitrogens is 2. The third-order valence-corrected chi connectivity index (χ3v) is 5.34. The van der Waals surface area contributed by atoms with Gasteiger partial charge in [-0.05, 0) is 61.4 Å². The third kappa shape index (κ3) is 5.69. The second kappa shape index (κ2) is 10.5. The minimum Gasteiger partial charge on any atom is -0.481 e. The number of rotatable bonds is 8. The monoisotopic (exact) mass is 454 g/mol. The predicted molar refractivity (Wildman–Crippen MR) is 133 cm³/mol. The second-order valence-corrected chi connectivity index (χ2v) is 7.87. The smallest absolute Gasteiger partial charge is 0.265 e. The minimum atomic E-state index is -0.708. The van der Waals surface area contributed by atoms with Crippen LogP contribution in [0.1, 0.15) is 19.9 Å². The Hall–Kier alpha value is -4.39. The molecule has 0 saturated heterocycles. The van der Waals surface area contributed by atoms with Crippen LogP contribution in [0.4, 0.5) is 11.4 Å². The standard InChI is InChI=1S/C27H26N4O3/c1-19(31-17-7-16-28-31)26(32)29-23-10-6-11-24(18-23)30-27(33)20(2)34-25-14-12-22(13-15-25)21-8-4-3-5-9-21/h3-20H,1-2H3,(H,29,32)(H,30,33). The van der Waals surface area contributed by atoms with Gasteiger partial charge in [0.25, 0.3) is 5.91 Å². The van der Waals surface area contributed by atoms with Crippen LogP contribution in [-0.2, 0) is 9.59 Å². The van der Waals surface area contributed by atoms with Gasteiger partial charge in [0, 0.05) is 23.8 Å². The number of carbonyl (C=O) groups excluding carboxylic acids is 2. The van der Waals surface area contributed by atoms with Crippen molar-refractivity contribution in [3.63, 3.8) is 0 Å². The number of hydrogen-bond donors (Lipinski definition) is 2. The molecule has 0 radical (unpaired) electrons. The lowest BCUT2D eigenvalue weighted by atomic mass is 10.1. The van der Waals surface area contributed by atoms with E-state index in [0.717, 1.165) is 11.1 Å². The third-order valence-electron chi connectivity index (χ3n) is 5.34. The first kappa shape index (κ1) is 22.8. The van der Waals surface area contributed by atoms with Gasteiger partial charge in [-0.25, -0.2) is 0 Å². The summed E-state index contributed by atoms with van der Waals surface area (Å²) in [7, 11) is 0. The fraction of sp³-hybridized carbons (Fsp3) is 0.148. The van der Waals surface area contributed by atoms with Gasteiger partial charge in [-0.15, -0.1) is 0 Å². The van der Waals surface area contributed by atoms with Gasteiger partial charge in [-0.1, -0.05) is 48.5 Å². The van der Waals surface area contributed by atoms with Gasteiger partial charge in [-0.2, -0.15) is 5.10 Å². The summed E-state index contributed by atoms with van der Waals surface area (Å²) in [6.45, 7) is 3.46. The SMILES string of the molecule is CC(Oc1ccc(-c2ccccc2)cc1)C(=O)Nc1cccc(NC(=O)C(C)n2cccn2)c1. The number of nitrogens with one attached hydrogen (secondary N) is 2. The molecule has 0 fully saturated rings. The number of hydrogen-bond acceptors (Lipinski definition) is 4. The summed E-state index contributed by atoms with van der Waals surface area (Å²) >= 11 is 0. The van der Waals surface area contributed by atoms with Gasteiger partial charge in [0.15, 0.2) is 6.10 Å². The van der Waals surface area contributed by atoms with E-state index in [4.69, 9.17) is 4.74 Å². The normalized spacial score (nSPS) is 12.4. The van der Waals surface area contributed by atoms with Crippen molar-refractivity contribution in [2.45, 2.75) is 26.0 Å². The Morgan fingerprint density at radius 1 is 0.794 bits per heavy atom. The summed E-state index contributed by atoms with van der Waals surface area (Å²) in [6, 6.07) is 26.0. The molecular formula is C27H26N4O3. The summed E-state index contributed by atoms with van der Waals surface area (Å²) in [5.41, 5.74) is 3.33. The highest BCUT2D eigenvalue weighted by Crippen LogP contribution is 2.23. The zero-order valence-electron chi connectivity index (χ0n) is 19.0. The molecule has 0 aliphatic carbocycles. The maximum Gasteiger partial charge on any atom is 0.265 e. The van der Waals surface area contributed by atoms with Crippen LogP contribution in [0.2, 0.25) is 0 Å². The van der Waals surface area contributed by atoms with Crippen molar-refractivity contribution < 1.29 is 14.3 Å². The van der Waals surface area contributed by atoms with E-state index >= 15 is 0 Å². The van der Waals surface area contributed by atoms with Gasteiger partial charge in [0.05, 0.1) is 0 Å². The molecule has 7 nitrogen and oxygen atoms in total. The zero-order valence-corrected chi connectivity index (χ0v) is 19.0. The lowest BCUT2D eigenvalue weighted by molar-refractivity contribution is -0.122. The maximum absolute atomic E-state index is 12.7. The number of nitrogens with zero attached hydrogens (tertiary/aromatic N) is 2. The molecular weight excluding hydrogens is 428 g/mol. The number of anilines is 2. The molecule has 7 heteroatoms. The number of carbonyl (C=O) groups is 2. The molecule has 2 atom stereocenters. The van der Waals surface area contributed by atoms with Crippen molar-refractivity contribution >= 4 is 23.2 Å². The van der Waals surface area contributed by atoms with Crippen molar-refractivity contribution in [3.05, 3.63) is 97.3 Å². The van der Waals surface area contributed by atoms with Gasteiger partial charge >= 0.3 is 0 Å². The van der Waals surface area contributed by atoms with Crippen molar-refractivity contribution in [2.24, 2.45) is 0 Å². The van der Waals surface area contributed by atoms with Crippen LogP contribution in [-0.4, -0.2) is 27.7 Å². The molecule has 0 aliphatic rings. The molecule has 2 amide bonds. The Balaban J connectivity index is 1.33. The molecule has 3 aromatic carbocycles. The quantitative estimate of drug-likeness (QED) is 0.385. The largest absolute Gasteiger partial charge is 0.481 e. The van der Waals surface area contributed by atoms with Crippen LogP contribution in [0, 0.1) is 0 Å². The van der Waals surface area contributed by atoms with Crippen LogP contribution < -0.4 is 15.4 Å². The first-order valence-corrected chi connectivity index (χ1v) is 11.0. The molecule has 34 heavy (non-hydrogen) atoms. The fourth-order valence-corrected chi connectivity index (χ4v) is 3.41. The van der Waals surface area contributed by atoms with Gasteiger partial charge in [0.2, 0.25) is 5.91 Å². The van der Waals surface area contributed by atoms with E-state index in [0.29, 0.717) is 17.1 Å². The Morgan fingerprint density at radius 3 is 2.09 bits per heavy atom. The molecule has 0 aliphatic heterocycles. The Kier molecular flexibility index (Phi) is 7.03. The lowest BCUT2D eigenvalue weighted by Gasteiger charge is -2.16. The summed E-state index contributed by atoms with van der Waals surface area (Å²) in [5, 5.41) is 9.78. The van der Waals surface area contributed by atoms with E-state index in [2.05, 4.69) is 15.7 Å². The van der Waals surface area contributed by atoms with Crippen LogP contribution in [0.3, 0.4) is 0 Å². The summed E-state index contributed by atoms with van der Waals surface area (Å²) in [6.07, 6.45) is 2.65. The van der Waals surface area contributed by atoms with Gasteiger partial charge in [-0.3, -0.25) is 14.3 Å². The number of ether oxygens (including phenoxy) is 1. The van der Waals surface area contributed by atoms with Crippen molar-refractivity contribution in [3.8, 4) is 16.9 Å². The summed E-state index contributed by atoms with van der Waals surface area (Å²) in [4.78, 5) is 25.2. The predicted octanol–water partition coefficient (Wildman–Crippen LogP) is 5.16. The molecule has 0 bridgehead atoms. The van der Waals surface area contributed by atoms with Crippen molar-refractivity contribution in [1.82, 2.24) is 9.78 Å². The first-order chi connectivity index (χ1) is 16.5. The molecule has 172 valence electrons. The highest BCUT2D eigenvalue weighted by atomic mass is 16.5. The molecule has 1 heterocycles. The second-order valence-electron chi connectivity index (χ2n) is 7.87. The molecule has 4 rings (SSSR count). The van der Waals surface area contributed by atoms with Crippen LogP contribution in [0.15, 0.2) is 97.3 Å². The molecule has 2 unspecified atom stereocenters. The Bertz CT molecular complexity index is 1240. The van der Waals surface area contributed by atoms with E-state index in [1.807, 2.05) is 54.6 Å². The molecule has 0 saturated carbocycles. The highest BCUT2D eigenvalue weighted by Gasteiger charge is 2.17. The van der Waals surface area contributed by atoms with Crippen molar-refractivity contribution in [2.75, 3.05) is 10.6 Å². The molecule has 2 N–H and O–H groups in total. The molecule has 0 spiro atoms. The molecule has 1 aromatic heterocycles. The fourth-order valence-electron chi connectivity index (χ4n) is 3.41. The summed E-state index contributed by atoms with van der Waals surface area (Å²) in [5.74, 6) is 0.110. The summed E-state index contributed by atoms with van der Waals surface area (Å²) < 4.78 is 7.39. The Morgan fingerprint density at radius 2 is 1.44 bits per heavy atom. The van der Waals surface area contributed by atoms with E-state index in [-0.39, 0.29) is 11.8 Å². The van der Waals surface area contributed by atoms with E-state index in [9.17, 15) is 9.59 Å². The Labute approximate surface area is 198 Å².